The Morgan fingerprint density at radius 1 is 1.35 bits per heavy atom. The quantitative estimate of drug-likeness (QED) is 0.866. The van der Waals surface area contributed by atoms with Crippen LogP contribution in [0.1, 0.15) is 25.8 Å². The maximum Gasteiger partial charge on any atom is 0.244 e. The number of hydrogen-bond acceptors (Lipinski definition) is 3. The molecule has 20 heavy (non-hydrogen) atoms. The molecule has 1 aromatic rings. The fraction of sp³-hybridized carbons (Fsp3) is 0.538. The highest BCUT2D eigenvalue weighted by Crippen LogP contribution is 2.31. The molecular weight excluding hydrogens is 319 g/mol. The van der Waals surface area contributed by atoms with E-state index in [2.05, 4.69) is 5.32 Å². The number of sulfonamides is 1. The molecule has 1 N–H and O–H groups in total. The van der Waals surface area contributed by atoms with Crippen LogP contribution in [0.4, 0.5) is 0 Å². The van der Waals surface area contributed by atoms with Crippen molar-refractivity contribution in [1.29, 1.82) is 0 Å². The predicted molar refractivity (Wildman–Crippen MR) is 83.9 cm³/mol. The second kappa shape index (κ2) is 7.09. The third-order valence-corrected chi connectivity index (χ3v) is 6.09. The third-order valence-electron chi connectivity index (χ3n) is 3.32. The van der Waals surface area contributed by atoms with E-state index in [1.54, 1.807) is 20.2 Å². The van der Waals surface area contributed by atoms with E-state index in [9.17, 15) is 8.42 Å². The fourth-order valence-corrected chi connectivity index (χ4v) is 4.11. The second-order valence-electron chi connectivity index (χ2n) is 4.69. The van der Waals surface area contributed by atoms with Gasteiger partial charge in [-0.15, -0.1) is 0 Å². The summed E-state index contributed by atoms with van der Waals surface area (Å²) >= 11 is 12.2. The van der Waals surface area contributed by atoms with Gasteiger partial charge in [0.1, 0.15) is 4.90 Å². The topological polar surface area (TPSA) is 49.4 Å². The highest BCUT2D eigenvalue weighted by molar-refractivity contribution is 7.89. The van der Waals surface area contributed by atoms with Crippen LogP contribution < -0.4 is 5.32 Å². The van der Waals surface area contributed by atoms with Crippen LogP contribution in [0.3, 0.4) is 0 Å². The van der Waals surface area contributed by atoms with Gasteiger partial charge in [0, 0.05) is 24.7 Å². The minimum Gasteiger partial charge on any atom is -0.316 e. The summed E-state index contributed by atoms with van der Waals surface area (Å²) < 4.78 is 26.6. The van der Waals surface area contributed by atoms with Crippen molar-refractivity contribution >= 4 is 33.2 Å². The molecule has 0 fully saturated rings. The highest BCUT2D eigenvalue weighted by Gasteiger charge is 2.28. The SMILES string of the molecule is CCC(C)N(C)S(=O)(=O)c1cc(Cl)cc(CNC)c1Cl. The second-order valence-corrected chi connectivity index (χ2v) is 7.47. The number of nitrogens with zero attached hydrogens (tertiary/aromatic N) is 1. The van der Waals surface area contributed by atoms with Crippen LogP contribution >= 0.6 is 23.2 Å². The zero-order valence-corrected chi connectivity index (χ0v) is 14.4. The molecule has 114 valence electrons. The lowest BCUT2D eigenvalue weighted by atomic mass is 10.2. The Balaban J connectivity index is 3.38. The van der Waals surface area contributed by atoms with E-state index in [1.165, 1.54) is 10.4 Å². The highest BCUT2D eigenvalue weighted by atomic mass is 35.5. The summed E-state index contributed by atoms with van der Waals surface area (Å²) in [4.78, 5) is 0.0553. The zero-order chi connectivity index (χ0) is 15.5. The molecular formula is C13H20Cl2N2O2S. The normalized spacial score (nSPS) is 13.8. The van der Waals surface area contributed by atoms with Gasteiger partial charge in [0.25, 0.3) is 0 Å². The van der Waals surface area contributed by atoms with E-state index in [4.69, 9.17) is 23.2 Å². The van der Waals surface area contributed by atoms with Gasteiger partial charge in [0.05, 0.1) is 5.02 Å². The zero-order valence-electron chi connectivity index (χ0n) is 12.1. The van der Waals surface area contributed by atoms with Crippen molar-refractivity contribution in [3.63, 3.8) is 0 Å². The molecule has 0 aliphatic rings. The first kappa shape index (κ1) is 17.7. The molecule has 0 saturated heterocycles. The summed E-state index contributed by atoms with van der Waals surface area (Å²) in [6.45, 7) is 4.24. The van der Waals surface area contributed by atoms with Gasteiger partial charge in [-0.1, -0.05) is 30.1 Å². The number of halogens is 2. The van der Waals surface area contributed by atoms with Gasteiger partial charge < -0.3 is 5.32 Å². The van der Waals surface area contributed by atoms with Crippen molar-refractivity contribution in [2.45, 2.75) is 37.8 Å². The number of rotatable bonds is 6. The van der Waals surface area contributed by atoms with Gasteiger partial charge >= 0.3 is 0 Å². The van der Waals surface area contributed by atoms with Crippen molar-refractivity contribution in [2.24, 2.45) is 0 Å². The van der Waals surface area contributed by atoms with Crippen LogP contribution in [-0.4, -0.2) is 32.9 Å². The Bertz CT molecular complexity index is 576. The largest absolute Gasteiger partial charge is 0.316 e. The first-order valence-corrected chi connectivity index (χ1v) is 8.55. The molecule has 0 bridgehead atoms. The molecule has 0 heterocycles. The molecule has 1 rings (SSSR count). The third kappa shape index (κ3) is 3.65. The van der Waals surface area contributed by atoms with Crippen molar-refractivity contribution < 1.29 is 8.42 Å². The van der Waals surface area contributed by atoms with E-state index in [0.29, 0.717) is 17.1 Å². The molecule has 0 spiro atoms. The van der Waals surface area contributed by atoms with Crippen molar-refractivity contribution in [3.05, 3.63) is 27.7 Å². The summed E-state index contributed by atoms with van der Waals surface area (Å²) in [5.41, 5.74) is 0.665. The standard InChI is InChI=1S/C13H20Cl2N2O2S/c1-5-9(2)17(4)20(18,19)12-7-11(14)6-10(8-16-3)13(12)15/h6-7,9,16H,5,8H2,1-4H3. The number of benzene rings is 1. The first-order chi connectivity index (χ1) is 9.25. The van der Waals surface area contributed by atoms with Crippen LogP contribution in [0.2, 0.25) is 10.0 Å². The van der Waals surface area contributed by atoms with Crippen LogP contribution in [0, 0.1) is 0 Å². The van der Waals surface area contributed by atoms with Gasteiger partial charge in [-0.3, -0.25) is 0 Å². The lowest BCUT2D eigenvalue weighted by molar-refractivity contribution is 0.380. The van der Waals surface area contributed by atoms with Gasteiger partial charge in [0.15, 0.2) is 0 Å². The number of hydrogen-bond donors (Lipinski definition) is 1. The van der Waals surface area contributed by atoms with Crippen LogP contribution in [0.15, 0.2) is 17.0 Å². The lowest BCUT2D eigenvalue weighted by Gasteiger charge is -2.24. The molecule has 0 radical (unpaired) electrons. The fourth-order valence-electron chi connectivity index (χ4n) is 1.77. The summed E-state index contributed by atoms with van der Waals surface area (Å²) in [5, 5.41) is 3.52. The Morgan fingerprint density at radius 3 is 2.45 bits per heavy atom. The Hall–Kier alpha value is -0.330. The molecule has 0 amide bonds. The van der Waals surface area contributed by atoms with E-state index in [-0.39, 0.29) is 16.0 Å². The average Bonchev–Trinajstić information content (AvgIpc) is 2.40. The van der Waals surface area contributed by atoms with E-state index in [1.807, 2.05) is 13.8 Å². The maximum atomic E-state index is 12.6. The van der Waals surface area contributed by atoms with E-state index >= 15 is 0 Å². The number of nitrogens with one attached hydrogen (secondary N) is 1. The summed E-state index contributed by atoms with van der Waals surface area (Å²) in [6.07, 6.45) is 0.720. The molecule has 0 aliphatic carbocycles. The van der Waals surface area contributed by atoms with E-state index in [0.717, 1.165) is 6.42 Å². The molecule has 4 nitrogen and oxygen atoms in total. The molecule has 1 atom stereocenters. The van der Waals surface area contributed by atoms with Crippen LogP contribution in [-0.2, 0) is 16.6 Å². The van der Waals surface area contributed by atoms with Gasteiger partial charge in [-0.2, -0.15) is 4.31 Å². The molecule has 0 saturated carbocycles. The smallest absolute Gasteiger partial charge is 0.244 e. The molecule has 7 heteroatoms. The minimum absolute atomic E-state index is 0.0553. The monoisotopic (exact) mass is 338 g/mol. The van der Waals surface area contributed by atoms with Crippen molar-refractivity contribution in [3.8, 4) is 0 Å². The summed E-state index contributed by atoms with van der Waals surface area (Å²) in [7, 11) is -0.340. The Morgan fingerprint density at radius 2 is 1.95 bits per heavy atom. The Labute approximate surface area is 131 Å². The Kier molecular flexibility index (Phi) is 6.28. The first-order valence-electron chi connectivity index (χ1n) is 6.36. The van der Waals surface area contributed by atoms with Gasteiger partial charge in [0.2, 0.25) is 10.0 Å². The molecule has 1 unspecified atom stereocenters. The van der Waals surface area contributed by atoms with E-state index < -0.39 is 10.0 Å². The predicted octanol–water partition coefficient (Wildman–Crippen LogP) is 3.13. The molecule has 0 aliphatic heterocycles. The maximum absolute atomic E-state index is 12.6. The lowest BCUT2D eigenvalue weighted by Crippen LogP contribution is -2.34. The molecule has 0 aromatic heterocycles. The molecule has 1 aromatic carbocycles. The summed E-state index contributed by atoms with van der Waals surface area (Å²) in [5.74, 6) is 0. The van der Waals surface area contributed by atoms with Crippen LogP contribution in [0.25, 0.3) is 0 Å². The minimum atomic E-state index is -3.66. The summed E-state index contributed by atoms with van der Waals surface area (Å²) in [6, 6.07) is 2.96. The van der Waals surface area contributed by atoms with Crippen LogP contribution in [0.5, 0.6) is 0 Å². The average molecular weight is 339 g/mol. The van der Waals surface area contributed by atoms with Gasteiger partial charge in [-0.25, -0.2) is 8.42 Å². The van der Waals surface area contributed by atoms with Crippen molar-refractivity contribution in [2.75, 3.05) is 14.1 Å². The van der Waals surface area contributed by atoms with Crippen molar-refractivity contribution in [1.82, 2.24) is 9.62 Å². The van der Waals surface area contributed by atoms with Gasteiger partial charge in [-0.05, 0) is 38.1 Å².